The zero-order valence-corrected chi connectivity index (χ0v) is 15.8. The van der Waals surface area contributed by atoms with Gasteiger partial charge in [0, 0.05) is 11.0 Å². The molecule has 3 heteroatoms. The maximum Gasteiger partial charge on any atom is 0.191 e. The van der Waals surface area contributed by atoms with Crippen molar-refractivity contribution in [3.05, 3.63) is 0 Å². The molecule has 17 heavy (non-hydrogen) atoms. The summed E-state index contributed by atoms with van der Waals surface area (Å²) in [6.45, 7) is 14.9. The second-order valence-corrected chi connectivity index (χ2v) is 12.3. The van der Waals surface area contributed by atoms with Crippen LogP contribution in [0.25, 0.3) is 0 Å². The lowest BCUT2D eigenvalue weighted by atomic mass is 10.0. The van der Waals surface area contributed by atoms with Gasteiger partial charge < -0.3 is 4.43 Å². The van der Waals surface area contributed by atoms with Crippen LogP contribution in [0.2, 0.25) is 18.1 Å². The highest BCUT2D eigenvalue weighted by molar-refractivity contribution is 14.1. The largest absolute Gasteiger partial charge is 0.417 e. The molecule has 0 radical (unpaired) electrons. The van der Waals surface area contributed by atoms with Gasteiger partial charge in [-0.25, -0.2) is 0 Å². The molecular formula is C14H31IOSi. The van der Waals surface area contributed by atoms with Crippen LogP contribution in [-0.4, -0.2) is 19.4 Å². The molecule has 0 saturated carbocycles. The Balaban J connectivity index is 3.84. The van der Waals surface area contributed by atoms with Crippen LogP contribution in [0.3, 0.4) is 0 Å². The Hall–Kier alpha value is 0.907. The monoisotopic (exact) mass is 370 g/mol. The zero-order valence-electron chi connectivity index (χ0n) is 12.6. The van der Waals surface area contributed by atoms with Crippen LogP contribution >= 0.6 is 22.6 Å². The van der Waals surface area contributed by atoms with Gasteiger partial charge in [0.05, 0.1) is 0 Å². The van der Waals surface area contributed by atoms with E-state index in [1.54, 1.807) is 0 Å². The van der Waals surface area contributed by atoms with Gasteiger partial charge in [0.15, 0.2) is 8.32 Å². The highest BCUT2D eigenvalue weighted by Gasteiger charge is 2.36. The third-order valence-electron chi connectivity index (χ3n) is 3.94. The zero-order chi connectivity index (χ0) is 13.5. The molecule has 0 aromatic heterocycles. The summed E-state index contributed by atoms with van der Waals surface area (Å²) in [6, 6.07) is 0. The van der Waals surface area contributed by atoms with Gasteiger partial charge in [-0.2, -0.15) is 0 Å². The van der Waals surface area contributed by atoms with Crippen LogP contribution in [0.4, 0.5) is 0 Å². The Labute approximate surface area is 123 Å². The van der Waals surface area contributed by atoms with Crippen LogP contribution in [0, 0.1) is 5.92 Å². The maximum absolute atomic E-state index is 6.20. The normalized spacial score (nSPS) is 15.0. The minimum atomic E-state index is -1.51. The Morgan fingerprint density at radius 3 is 2.18 bits per heavy atom. The van der Waals surface area contributed by atoms with E-state index in [9.17, 15) is 0 Å². The molecule has 0 aliphatic rings. The summed E-state index contributed by atoms with van der Waals surface area (Å²) < 4.78 is 7.50. The van der Waals surface area contributed by atoms with Gasteiger partial charge in [-0.15, -0.1) is 0 Å². The van der Waals surface area contributed by atoms with Gasteiger partial charge in [0.25, 0.3) is 0 Å². The summed E-state index contributed by atoms with van der Waals surface area (Å²) in [7, 11) is -1.51. The van der Waals surface area contributed by atoms with Gasteiger partial charge in [-0.05, 0) is 43.3 Å². The summed E-state index contributed by atoms with van der Waals surface area (Å²) in [6.07, 6.45) is 5.27. The Morgan fingerprint density at radius 2 is 1.76 bits per heavy atom. The highest BCUT2D eigenvalue weighted by Crippen LogP contribution is 2.36. The van der Waals surface area contributed by atoms with E-state index in [-0.39, 0.29) is 0 Å². The van der Waals surface area contributed by atoms with Crippen LogP contribution in [0.5, 0.6) is 0 Å². The number of rotatable bonds is 8. The van der Waals surface area contributed by atoms with Gasteiger partial charge in [-0.3, -0.25) is 0 Å². The van der Waals surface area contributed by atoms with E-state index in [0.717, 1.165) is 12.5 Å². The molecule has 1 atom stereocenters. The molecule has 0 aromatic rings. The van der Waals surface area contributed by atoms with Crippen molar-refractivity contribution < 1.29 is 4.43 Å². The molecular weight excluding hydrogens is 339 g/mol. The van der Waals surface area contributed by atoms with Crippen LogP contribution in [-0.2, 0) is 4.43 Å². The second kappa shape index (κ2) is 8.15. The molecule has 1 nitrogen and oxygen atoms in total. The molecule has 0 aliphatic carbocycles. The van der Waals surface area contributed by atoms with Crippen molar-refractivity contribution >= 4 is 30.9 Å². The fraction of sp³-hybridized carbons (Fsp3) is 1.00. The molecule has 0 aromatic carbocycles. The predicted molar refractivity (Wildman–Crippen MR) is 89.7 cm³/mol. The lowest BCUT2D eigenvalue weighted by molar-refractivity contribution is 0.269. The van der Waals surface area contributed by atoms with E-state index in [0.29, 0.717) is 5.04 Å². The summed E-state index contributed by atoms with van der Waals surface area (Å²) in [5.41, 5.74) is 0. The first-order chi connectivity index (χ1) is 7.74. The van der Waals surface area contributed by atoms with Crippen molar-refractivity contribution in [3.63, 3.8) is 0 Å². The van der Waals surface area contributed by atoms with E-state index in [2.05, 4.69) is 63.4 Å². The third kappa shape index (κ3) is 7.16. The maximum atomic E-state index is 6.20. The minimum Gasteiger partial charge on any atom is -0.417 e. The van der Waals surface area contributed by atoms with Crippen LogP contribution < -0.4 is 0 Å². The van der Waals surface area contributed by atoms with Gasteiger partial charge in [0.1, 0.15) is 0 Å². The SMILES string of the molecule is CCC[C@H](CI)CCCO[Si](C)(C)C(C)(C)C. The Morgan fingerprint density at radius 1 is 1.18 bits per heavy atom. The molecule has 0 fully saturated rings. The summed E-state index contributed by atoms with van der Waals surface area (Å²) in [5.74, 6) is 0.906. The molecule has 0 spiro atoms. The van der Waals surface area contributed by atoms with Crippen molar-refractivity contribution in [1.29, 1.82) is 0 Å². The Kier molecular flexibility index (Phi) is 8.59. The first-order valence-electron chi connectivity index (χ1n) is 6.94. The van der Waals surface area contributed by atoms with Gasteiger partial charge in [0.2, 0.25) is 0 Å². The second-order valence-electron chi connectivity index (χ2n) is 6.56. The van der Waals surface area contributed by atoms with Crippen LogP contribution in [0.1, 0.15) is 53.4 Å². The Bertz CT molecular complexity index is 199. The molecule has 0 unspecified atom stereocenters. The lowest BCUT2D eigenvalue weighted by Gasteiger charge is -2.36. The molecule has 104 valence electrons. The molecule has 0 bridgehead atoms. The van der Waals surface area contributed by atoms with Gasteiger partial charge in [-0.1, -0.05) is 56.7 Å². The molecule has 0 saturated heterocycles. The van der Waals surface area contributed by atoms with E-state index < -0.39 is 8.32 Å². The first-order valence-corrected chi connectivity index (χ1v) is 11.4. The molecule has 0 aliphatic heterocycles. The smallest absolute Gasteiger partial charge is 0.191 e. The number of hydrogen-bond acceptors (Lipinski definition) is 1. The van der Waals surface area contributed by atoms with E-state index in [1.165, 1.54) is 30.1 Å². The molecule has 0 rings (SSSR count). The van der Waals surface area contributed by atoms with Crippen molar-refractivity contribution in [2.24, 2.45) is 5.92 Å². The van der Waals surface area contributed by atoms with Crippen molar-refractivity contribution in [1.82, 2.24) is 0 Å². The minimum absolute atomic E-state index is 0.346. The summed E-state index contributed by atoms with van der Waals surface area (Å²) in [5, 5.41) is 0.346. The van der Waals surface area contributed by atoms with Crippen molar-refractivity contribution in [2.75, 3.05) is 11.0 Å². The number of hydrogen-bond donors (Lipinski definition) is 0. The quantitative estimate of drug-likeness (QED) is 0.233. The average molecular weight is 370 g/mol. The number of halogens is 1. The van der Waals surface area contributed by atoms with Crippen molar-refractivity contribution in [3.8, 4) is 0 Å². The average Bonchev–Trinajstić information content (AvgIpc) is 2.21. The summed E-state index contributed by atoms with van der Waals surface area (Å²) in [4.78, 5) is 0. The topological polar surface area (TPSA) is 9.23 Å². The fourth-order valence-electron chi connectivity index (χ4n) is 1.62. The van der Waals surface area contributed by atoms with Crippen molar-refractivity contribution in [2.45, 2.75) is 71.5 Å². The lowest BCUT2D eigenvalue weighted by Crippen LogP contribution is -2.41. The predicted octanol–water partition coefficient (Wildman–Crippen LogP) is 5.64. The van der Waals surface area contributed by atoms with Crippen LogP contribution in [0.15, 0.2) is 0 Å². The fourth-order valence-corrected chi connectivity index (χ4v) is 3.59. The van der Waals surface area contributed by atoms with E-state index in [1.807, 2.05) is 0 Å². The highest BCUT2D eigenvalue weighted by atomic mass is 127. The standard InChI is InChI=1S/C14H31IOSi/c1-7-9-13(12-15)10-8-11-16-17(5,6)14(2,3)4/h13H,7-12H2,1-6H3/t13-/m0/s1. The molecule has 0 amide bonds. The molecule has 0 heterocycles. The van der Waals surface area contributed by atoms with E-state index in [4.69, 9.17) is 4.43 Å². The molecule has 0 N–H and O–H groups in total. The van der Waals surface area contributed by atoms with Gasteiger partial charge >= 0.3 is 0 Å². The first kappa shape index (κ1) is 17.9. The van der Waals surface area contributed by atoms with E-state index >= 15 is 0 Å². The third-order valence-corrected chi connectivity index (χ3v) is 9.72. The number of alkyl halides is 1. The summed E-state index contributed by atoms with van der Waals surface area (Å²) >= 11 is 2.52.